The largest absolute Gasteiger partial charge is 0.480 e. The topological polar surface area (TPSA) is 78.4 Å². The Morgan fingerprint density at radius 3 is 2.00 bits per heavy atom. The Morgan fingerprint density at radius 2 is 1.54 bits per heavy atom. The number of hydrogen-bond acceptors (Lipinski definition) is 3. The third-order valence-corrected chi connectivity index (χ3v) is 4.73. The van der Waals surface area contributed by atoms with E-state index in [0.717, 1.165) is 11.1 Å². The van der Waals surface area contributed by atoms with E-state index in [9.17, 15) is 14.7 Å². The maximum atomic E-state index is 12.2. The van der Waals surface area contributed by atoms with Gasteiger partial charge in [-0.05, 0) is 29.6 Å². The van der Waals surface area contributed by atoms with Gasteiger partial charge in [0.05, 0.1) is 0 Å². The van der Waals surface area contributed by atoms with E-state index in [1.54, 1.807) is 11.8 Å². The fraction of sp³-hybridized carbons (Fsp3) is 0.300. The van der Waals surface area contributed by atoms with Crippen molar-refractivity contribution in [2.45, 2.75) is 18.4 Å². The van der Waals surface area contributed by atoms with Crippen LogP contribution in [-0.2, 0) is 4.79 Å². The van der Waals surface area contributed by atoms with Gasteiger partial charge in [0.15, 0.2) is 0 Å². The molecule has 0 aliphatic rings. The second-order valence-electron chi connectivity index (χ2n) is 5.90. The van der Waals surface area contributed by atoms with Crippen LogP contribution in [0.3, 0.4) is 0 Å². The summed E-state index contributed by atoms with van der Waals surface area (Å²) < 4.78 is 0. The number of nitrogens with one attached hydrogen (secondary N) is 2. The van der Waals surface area contributed by atoms with Crippen molar-refractivity contribution in [3.8, 4) is 0 Å². The van der Waals surface area contributed by atoms with Crippen molar-refractivity contribution in [3.63, 3.8) is 0 Å². The number of benzene rings is 2. The van der Waals surface area contributed by atoms with Gasteiger partial charge in [-0.1, -0.05) is 60.7 Å². The van der Waals surface area contributed by atoms with Crippen LogP contribution < -0.4 is 10.6 Å². The van der Waals surface area contributed by atoms with Crippen molar-refractivity contribution in [3.05, 3.63) is 71.8 Å². The monoisotopic (exact) mass is 372 g/mol. The summed E-state index contributed by atoms with van der Waals surface area (Å²) >= 11 is 1.55. The van der Waals surface area contributed by atoms with E-state index in [1.807, 2.05) is 66.9 Å². The van der Waals surface area contributed by atoms with Gasteiger partial charge in [0, 0.05) is 12.5 Å². The first kappa shape index (κ1) is 19.8. The number of urea groups is 1. The van der Waals surface area contributed by atoms with Crippen molar-refractivity contribution < 1.29 is 14.7 Å². The molecule has 0 unspecified atom stereocenters. The van der Waals surface area contributed by atoms with Crippen molar-refractivity contribution >= 4 is 23.8 Å². The molecule has 2 aromatic carbocycles. The Kier molecular flexibility index (Phi) is 8.02. The summed E-state index contributed by atoms with van der Waals surface area (Å²) in [6, 6.07) is 18.5. The lowest BCUT2D eigenvalue weighted by Crippen LogP contribution is -2.47. The molecule has 0 spiro atoms. The van der Waals surface area contributed by atoms with Crippen LogP contribution in [0.15, 0.2) is 60.7 Å². The molecule has 0 saturated carbocycles. The van der Waals surface area contributed by atoms with Crippen molar-refractivity contribution in [1.82, 2.24) is 10.6 Å². The summed E-state index contributed by atoms with van der Waals surface area (Å²) in [5.41, 5.74) is 2.19. The fourth-order valence-electron chi connectivity index (χ4n) is 2.70. The average molecular weight is 372 g/mol. The van der Waals surface area contributed by atoms with Crippen LogP contribution in [0.1, 0.15) is 23.5 Å². The van der Waals surface area contributed by atoms with Crippen LogP contribution >= 0.6 is 11.8 Å². The molecule has 0 fully saturated rings. The molecule has 5 nitrogen and oxygen atoms in total. The zero-order valence-corrected chi connectivity index (χ0v) is 15.5. The SMILES string of the molecule is CSCC[C@H](NC(=O)NCC(c1ccccc1)c1ccccc1)C(=O)O. The van der Waals surface area contributed by atoms with E-state index < -0.39 is 18.0 Å². The first-order chi connectivity index (χ1) is 12.6. The van der Waals surface area contributed by atoms with E-state index in [0.29, 0.717) is 18.7 Å². The highest BCUT2D eigenvalue weighted by Crippen LogP contribution is 2.23. The molecule has 2 aromatic rings. The number of thioether (sulfide) groups is 1. The lowest BCUT2D eigenvalue weighted by molar-refractivity contribution is -0.139. The van der Waals surface area contributed by atoms with Crippen LogP contribution in [0.2, 0.25) is 0 Å². The lowest BCUT2D eigenvalue weighted by atomic mass is 9.91. The highest BCUT2D eigenvalue weighted by atomic mass is 32.2. The fourth-order valence-corrected chi connectivity index (χ4v) is 3.17. The second-order valence-corrected chi connectivity index (χ2v) is 6.89. The number of carbonyl (C=O) groups excluding carboxylic acids is 1. The smallest absolute Gasteiger partial charge is 0.326 e. The van der Waals surface area contributed by atoms with Gasteiger partial charge < -0.3 is 15.7 Å². The van der Waals surface area contributed by atoms with E-state index in [1.165, 1.54) is 0 Å². The number of carbonyl (C=O) groups is 2. The Labute approximate surface area is 158 Å². The Morgan fingerprint density at radius 1 is 1.00 bits per heavy atom. The Bertz CT molecular complexity index is 655. The van der Waals surface area contributed by atoms with Gasteiger partial charge in [0.25, 0.3) is 0 Å². The summed E-state index contributed by atoms with van der Waals surface area (Å²) in [4.78, 5) is 23.5. The van der Waals surface area contributed by atoms with Crippen LogP contribution in [0.5, 0.6) is 0 Å². The minimum Gasteiger partial charge on any atom is -0.480 e. The molecule has 2 amide bonds. The third-order valence-electron chi connectivity index (χ3n) is 4.08. The Balaban J connectivity index is 2.03. The average Bonchev–Trinajstić information content (AvgIpc) is 2.66. The highest BCUT2D eigenvalue weighted by molar-refractivity contribution is 7.98. The molecular weight excluding hydrogens is 348 g/mol. The molecule has 26 heavy (non-hydrogen) atoms. The van der Waals surface area contributed by atoms with Crippen LogP contribution in [-0.4, -0.2) is 41.7 Å². The maximum absolute atomic E-state index is 12.2. The van der Waals surface area contributed by atoms with Crippen LogP contribution in [0.4, 0.5) is 4.79 Å². The lowest BCUT2D eigenvalue weighted by Gasteiger charge is -2.20. The first-order valence-electron chi connectivity index (χ1n) is 8.47. The molecule has 0 bridgehead atoms. The second kappa shape index (κ2) is 10.5. The third kappa shape index (κ3) is 6.11. The summed E-state index contributed by atoms with van der Waals surface area (Å²) in [5, 5.41) is 14.6. The summed E-state index contributed by atoms with van der Waals surface area (Å²) in [6.07, 6.45) is 2.30. The van der Waals surface area contributed by atoms with E-state index >= 15 is 0 Å². The Hall–Kier alpha value is -2.47. The predicted octanol–water partition coefficient (Wildman–Crippen LogP) is 3.32. The molecule has 3 N–H and O–H groups in total. The zero-order valence-electron chi connectivity index (χ0n) is 14.7. The molecule has 6 heteroatoms. The molecule has 0 aromatic heterocycles. The van der Waals surface area contributed by atoms with Gasteiger partial charge in [-0.2, -0.15) is 11.8 Å². The van der Waals surface area contributed by atoms with Gasteiger partial charge in [0.2, 0.25) is 0 Å². The van der Waals surface area contributed by atoms with Crippen molar-refractivity contribution in [2.24, 2.45) is 0 Å². The van der Waals surface area contributed by atoms with E-state index in [4.69, 9.17) is 0 Å². The van der Waals surface area contributed by atoms with Gasteiger partial charge in [-0.25, -0.2) is 9.59 Å². The summed E-state index contributed by atoms with van der Waals surface area (Å²) in [7, 11) is 0. The number of aliphatic carboxylic acids is 1. The highest BCUT2D eigenvalue weighted by Gasteiger charge is 2.20. The normalized spacial score (nSPS) is 11.8. The first-order valence-corrected chi connectivity index (χ1v) is 9.87. The number of carboxylic acid groups (broad SMARTS) is 1. The molecule has 0 radical (unpaired) electrons. The van der Waals surface area contributed by atoms with Crippen molar-refractivity contribution in [2.75, 3.05) is 18.6 Å². The van der Waals surface area contributed by atoms with Crippen LogP contribution in [0.25, 0.3) is 0 Å². The molecule has 0 aliphatic heterocycles. The van der Waals surface area contributed by atoms with Crippen molar-refractivity contribution in [1.29, 1.82) is 0 Å². The molecule has 0 heterocycles. The molecule has 1 atom stereocenters. The van der Waals surface area contributed by atoms with E-state index in [-0.39, 0.29) is 5.92 Å². The number of rotatable bonds is 9. The van der Waals surface area contributed by atoms with Gasteiger partial charge >= 0.3 is 12.0 Å². The quantitative estimate of drug-likeness (QED) is 0.631. The predicted molar refractivity (Wildman–Crippen MR) is 106 cm³/mol. The van der Waals surface area contributed by atoms with Gasteiger partial charge in [-0.3, -0.25) is 0 Å². The maximum Gasteiger partial charge on any atom is 0.326 e. The molecular formula is C20H24N2O3S. The number of hydrogen-bond donors (Lipinski definition) is 3. The zero-order chi connectivity index (χ0) is 18.8. The van der Waals surface area contributed by atoms with Gasteiger partial charge in [-0.15, -0.1) is 0 Å². The minimum absolute atomic E-state index is 0.00220. The standard InChI is InChI=1S/C20H24N2O3S/c1-26-13-12-18(19(23)24)22-20(25)21-14-17(15-8-4-2-5-9-15)16-10-6-3-7-11-16/h2-11,17-18H,12-14H2,1H3,(H,23,24)(H2,21,22,25)/t18-/m0/s1. The van der Waals surface area contributed by atoms with E-state index in [2.05, 4.69) is 10.6 Å². The number of amides is 2. The summed E-state index contributed by atoms with van der Waals surface area (Å²) in [6.45, 7) is 0.384. The molecule has 0 aliphatic carbocycles. The molecule has 2 rings (SSSR count). The van der Waals surface area contributed by atoms with Gasteiger partial charge in [0.1, 0.15) is 6.04 Å². The van der Waals surface area contributed by atoms with Crippen LogP contribution in [0, 0.1) is 0 Å². The summed E-state index contributed by atoms with van der Waals surface area (Å²) in [5.74, 6) is -0.344. The molecule has 138 valence electrons. The molecule has 0 saturated heterocycles. The minimum atomic E-state index is -1.02. The number of carboxylic acids is 1.